The molecule has 0 radical (unpaired) electrons. The zero-order valence-corrected chi connectivity index (χ0v) is 16.0. The first-order valence-electron chi connectivity index (χ1n) is 7.83. The van der Waals surface area contributed by atoms with E-state index in [0.717, 1.165) is 6.42 Å². The maximum atomic E-state index is 6.01. The average molecular weight is 340 g/mol. The van der Waals surface area contributed by atoms with Crippen LogP contribution >= 0.6 is 0 Å². The Hall–Kier alpha value is -0.0631. The molecule has 0 amide bonds. The summed E-state index contributed by atoms with van der Waals surface area (Å²) in [4.78, 5) is 0. The van der Waals surface area contributed by atoms with Gasteiger partial charge in [0.05, 0.1) is 19.8 Å². The van der Waals surface area contributed by atoms with Gasteiger partial charge < -0.3 is 27.8 Å². The van der Waals surface area contributed by atoms with Crippen LogP contribution in [0.3, 0.4) is 0 Å². The van der Waals surface area contributed by atoms with E-state index in [9.17, 15) is 0 Å². The number of hydrogen-bond donors (Lipinski definition) is 0. The lowest BCUT2D eigenvalue weighted by molar-refractivity contribution is -0.479. The third kappa shape index (κ3) is 6.21. The molecule has 0 rings (SSSR count). The van der Waals surface area contributed by atoms with Crippen molar-refractivity contribution in [3.8, 4) is 0 Å². The Morgan fingerprint density at radius 1 is 0.864 bits per heavy atom. The van der Waals surface area contributed by atoms with Gasteiger partial charge in [0.25, 0.3) is 0 Å². The topological polar surface area (TPSA) is 64.6 Å². The lowest BCUT2D eigenvalue weighted by Crippen LogP contribution is -2.62. The highest BCUT2D eigenvalue weighted by Crippen LogP contribution is 2.27. The quantitative estimate of drug-likeness (QED) is 0.355. The van der Waals surface area contributed by atoms with Crippen LogP contribution in [0.1, 0.15) is 41.0 Å². The summed E-state index contributed by atoms with van der Waals surface area (Å²) in [7, 11) is -0.181. The molecule has 0 saturated carbocycles. The molecular weight excluding hydrogens is 308 g/mol. The second kappa shape index (κ2) is 11.5. The lowest BCUT2D eigenvalue weighted by atomic mass is 10.5. The first-order chi connectivity index (χ1) is 10.5. The fourth-order valence-corrected chi connectivity index (χ4v) is 3.91. The first kappa shape index (κ1) is 21.9. The van der Waals surface area contributed by atoms with E-state index in [1.807, 2.05) is 34.6 Å². The third-order valence-electron chi connectivity index (χ3n) is 2.87. The van der Waals surface area contributed by atoms with Crippen molar-refractivity contribution in [2.24, 2.45) is 0 Å². The van der Waals surface area contributed by atoms with E-state index in [-0.39, 0.29) is 5.73 Å². The summed E-state index contributed by atoms with van der Waals surface area (Å²) in [5.74, 6) is 0. The van der Waals surface area contributed by atoms with E-state index in [0.29, 0.717) is 26.4 Å². The molecule has 0 aliphatic heterocycles. The molecule has 0 aliphatic carbocycles. The summed E-state index contributed by atoms with van der Waals surface area (Å²) < 4.78 is 39.6. The molecule has 0 fully saturated rings. The summed E-state index contributed by atoms with van der Waals surface area (Å²) in [6.07, 6.45) is -0.768. The molecule has 0 bridgehead atoms. The largest absolute Gasteiger partial charge is 0.536 e. The van der Waals surface area contributed by atoms with Crippen molar-refractivity contribution in [2.75, 3.05) is 40.6 Å². The third-order valence-corrected chi connectivity index (χ3v) is 5.70. The van der Waals surface area contributed by atoms with Gasteiger partial charge in [0.2, 0.25) is 0 Å². The van der Waals surface area contributed by atoms with Gasteiger partial charge in [-0.3, -0.25) is 4.43 Å². The molecule has 8 heteroatoms. The molecule has 0 heterocycles. The molecule has 0 aromatic rings. The lowest BCUT2D eigenvalue weighted by Gasteiger charge is -2.39. The normalized spacial score (nSPS) is 14.3. The Morgan fingerprint density at radius 3 is 1.64 bits per heavy atom. The summed E-state index contributed by atoms with van der Waals surface area (Å²) in [5.41, 5.74) is -0.386. The van der Waals surface area contributed by atoms with Crippen LogP contribution < -0.4 is 0 Å². The van der Waals surface area contributed by atoms with Crippen molar-refractivity contribution >= 4 is 8.80 Å². The second-order valence-corrected chi connectivity index (χ2v) is 7.47. The molecule has 7 nitrogen and oxygen atoms in total. The molecule has 0 aromatic carbocycles. The average Bonchev–Trinajstić information content (AvgIpc) is 2.51. The molecule has 134 valence electrons. The maximum absolute atomic E-state index is 6.01. The van der Waals surface area contributed by atoms with Crippen LogP contribution in [0.2, 0.25) is 0 Å². The second-order valence-electron chi connectivity index (χ2n) is 4.43. The van der Waals surface area contributed by atoms with E-state index >= 15 is 0 Å². The van der Waals surface area contributed by atoms with E-state index < -0.39 is 15.0 Å². The van der Waals surface area contributed by atoms with Crippen LogP contribution in [0.25, 0.3) is 0 Å². The fourth-order valence-electron chi connectivity index (χ4n) is 1.90. The maximum Gasteiger partial charge on any atom is 0.536 e. The fraction of sp³-hybridized carbons (Fsp3) is 1.00. The molecule has 22 heavy (non-hydrogen) atoms. The molecule has 1 unspecified atom stereocenters. The molecule has 0 saturated heterocycles. The van der Waals surface area contributed by atoms with E-state index in [1.165, 1.54) is 14.2 Å². The highest BCUT2D eigenvalue weighted by atomic mass is 28.4. The Balaban J connectivity index is 5.33. The van der Waals surface area contributed by atoms with Gasteiger partial charge in [0, 0.05) is 20.8 Å². The molecule has 0 spiro atoms. The van der Waals surface area contributed by atoms with Gasteiger partial charge >= 0.3 is 15.0 Å². The van der Waals surface area contributed by atoms with Gasteiger partial charge in [-0.1, -0.05) is 6.92 Å². The van der Waals surface area contributed by atoms with Crippen LogP contribution in [0.15, 0.2) is 0 Å². The van der Waals surface area contributed by atoms with Crippen LogP contribution in [-0.4, -0.2) is 61.3 Å². The van der Waals surface area contributed by atoms with Crippen molar-refractivity contribution in [2.45, 2.75) is 52.9 Å². The Labute approximate surface area is 135 Å². The minimum atomic E-state index is -3.23. The number of rotatable bonds is 14. The predicted molar refractivity (Wildman–Crippen MR) is 84.2 cm³/mol. The van der Waals surface area contributed by atoms with Gasteiger partial charge in [-0.2, -0.15) is 0 Å². The Morgan fingerprint density at radius 2 is 1.32 bits per heavy atom. The van der Waals surface area contributed by atoms with Crippen molar-refractivity contribution in [3.05, 3.63) is 0 Å². The molecule has 0 aliphatic rings. The van der Waals surface area contributed by atoms with E-state index in [4.69, 9.17) is 32.2 Å². The predicted octanol–water partition coefficient (Wildman–Crippen LogP) is 2.31. The van der Waals surface area contributed by atoms with Crippen molar-refractivity contribution in [1.82, 2.24) is 0 Å². The minimum absolute atomic E-state index is 0.349. The van der Waals surface area contributed by atoms with E-state index in [2.05, 4.69) is 0 Å². The highest BCUT2D eigenvalue weighted by molar-refractivity contribution is 6.62. The minimum Gasteiger partial charge on any atom is -0.375 e. The Bertz CT molecular complexity index is 257. The summed E-state index contributed by atoms with van der Waals surface area (Å²) in [6.45, 7) is 11.0. The smallest absolute Gasteiger partial charge is 0.375 e. The van der Waals surface area contributed by atoms with Crippen LogP contribution in [-0.2, 0) is 32.2 Å². The standard InChI is InChI=1S/C14H32O7Si/c1-8-12-17-13(5)22(15-6,16-7)21-14(18-9-2,19-10-3)20-11-4/h13H,8-12H2,1-7H3. The summed E-state index contributed by atoms with van der Waals surface area (Å²) in [6, 6.07) is 0. The zero-order valence-electron chi connectivity index (χ0n) is 15.0. The van der Waals surface area contributed by atoms with Crippen LogP contribution in [0.5, 0.6) is 0 Å². The van der Waals surface area contributed by atoms with Gasteiger partial charge in [0.1, 0.15) is 5.73 Å². The SMILES string of the molecule is CCCOC(C)[Si](OC)(OC)OC(OCC)(OCC)OCC. The summed E-state index contributed by atoms with van der Waals surface area (Å²) >= 11 is 0. The van der Waals surface area contributed by atoms with Crippen molar-refractivity contribution in [1.29, 1.82) is 0 Å². The van der Waals surface area contributed by atoms with E-state index in [1.54, 1.807) is 0 Å². The number of hydrogen-bond acceptors (Lipinski definition) is 7. The van der Waals surface area contributed by atoms with Gasteiger partial charge in [-0.05, 0) is 34.1 Å². The van der Waals surface area contributed by atoms with Crippen LogP contribution in [0.4, 0.5) is 0 Å². The summed E-state index contributed by atoms with van der Waals surface area (Å²) in [5, 5.41) is 0. The van der Waals surface area contributed by atoms with Gasteiger partial charge in [0.15, 0.2) is 0 Å². The van der Waals surface area contributed by atoms with Crippen molar-refractivity contribution < 1.29 is 32.2 Å². The molecule has 0 N–H and O–H groups in total. The monoisotopic (exact) mass is 340 g/mol. The number of ether oxygens (including phenoxy) is 4. The first-order valence-corrected chi connectivity index (χ1v) is 9.63. The molecular formula is C14H32O7Si. The molecule has 0 aromatic heterocycles. The Kier molecular flexibility index (Phi) is 11.4. The highest BCUT2D eigenvalue weighted by Gasteiger charge is 2.55. The van der Waals surface area contributed by atoms with Crippen LogP contribution in [0, 0.1) is 0 Å². The van der Waals surface area contributed by atoms with Gasteiger partial charge in [-0.15, -0.1) is 0 Å². The molecule has 1 atom stereocenters. The zero-order chi connectivity index (χ0) is 17.1. The van der Waals surface area contributed by atoms with Crippen molar-refractivity contribution in [3.63, 3.8) is 0 Å². The van der Waals surface area contributed by atoms with Gasteiger partial charge in [-0.25, -0.2) is 0 Å².